The molecule has 0 fully saturated rings. The van der Waals surface area contributed by atoms with Crippen molar-refractivity contribution in [3.05, 3.63) is 0 Å². The molecule has 0 aliphatic rings. The van der Waals surface area contributed by atoms with Gasteiger partial charge in [0.25, 0.3) is 0 Å². The Balaban J connectivity index is 2.78. The summed E-state index contributed by atoms with van der Waals surface area (Å²) in [7, 11) is 3.75. The molecule has 0 atom stereocenters. The van der Waals surface area contributed by atoms with Gasteiger partial charge in [-0.1, -0.05) is 19.3 Å². The van der Waals surface area contributed by atoms with Crippen LogP contribution < -0.4 is 10.6 Å². The fourth-order valence-corrected chi connectivity index (χ4v) is 1.37. The molecule has 3 nitrogen and oxygen atoms in total. The monoisotopic (exact) mass is 202 g/mol. The third kappa shape index (κ3) is 11.9. The molecule has 0 amide bonds. The van der Waals surface area contributed by atoms with Crippen molar-refractivity contribution < 1.29 is 4.74 Å². The zero-order valence-corrected chi connectivity index (χ0v) is 9.77. The predicted octanol–water partition coefficient (Wildman–Crippen LogP) is 1.39. The molecule has 0 heterocycles. The van der Waals surface area contributed by atoms with E-state index in [1.54, 1.807) is 7.11 Å². The lowest BCUT2D eigenvalue weighted by atomic mass is 10.1. The minimum Gasteiger partial charge on any atom is -0.385 e. The molecule has 3 heteroatoms. The summed E-state index contributed by atoms with van der Waals surface area (Å²) in [6, 6.07) is 0. The van der Waals surface area contributed by atoms with Crippen molar-refractivity contribution in [2.45, 2.75) is 32.1 Å². The van der Waals surface area contributed by atoms with E-state index in [-0.39, 0.29) is 0 Å². The lowest BCUT2D eigenvalue weighted by Gasteiger charge is -2.04. The van der Waals surface area contributed by atoms with Gasteiger partial charge in [-0.25, -0.2) is 0 Å². The van der Waals surface area contributed by atoms with Gasteiger partial charge < -0.3 is 15.4 Å². The molecule has 0 spiro atoms. The van der Waals surface area contributed by atoms with Gasteiger partial charge in [0.2, 0.25) is 0 Å². The van der Waals surface area contributed by atoms with Crippen LogP contribution in [0.5, 0.6) is 0 Å². The van der Waals surface area contributed by atoms with Crippen molar-refractivity contribution >= 4 is 0 Å². The fourth-order valence-electron chi connectivity index (χ4n) is 1.37. The SMILES string of the molecule is CNCCNCCCCCCCOC. The Morgan fingerprint density at radius 2 is 1.57 bits per heavy atom. The molecule has 0 aliphatic heterocycles. The molecular weight excluding hydrogens is 176 g/mol. The quantitative estimate of drug-likeness (QED) is 0.497. The van der Waals surface area contributed by atoms with E-state index in [1.165, 1.54) is 32.1 Å². The smallest absolute Gasteiger partial charge is 0.0462 e. The van der Waals surface area contributed by atoms with Crippen LogP contribution in [0.3, 0.4) is 0 Å². The molecule has 0 aromatic heterocycles. The van der Waals surface area contributed by atoms with Crippen LogP contribution in [0, 0.1) is 0 Å². The van der Waals surface area contributed by atoms with Crippen molar-refractivity contribution in [1.82, 2.24) is 10.6 Å². The highest BCUT2D eigenvalue weighted by atomic mass is 16.5. The third-order valence-electron chi connectivity index (χ3n) is 2.25. The Hall–Kier alpha value is -0.120. The second-order valence-corrected chi connectivity index (χ2v) is 3.61. The van der Waals surface area contributed by atoms with Gasteiger partial charge in [0.05, 0.1) is 0 Å². The lowest BCUT2D eigenvalue weighted by Crippen LogP contribution is -2.25. The molecule has 0 radical (unpaired) electrons. The minimum absolute atomic E-state index is 0.917. The number of unbranched alkanes of at least 4 members (excludes halogenated alkanes) is 4. The van der Waals surface area contributed by atoms with Gasteiger partial charge >= 0.3 is 0 Å². The summed E-state index contributed by atoms with van der Waals surface area (Å²) in [4.78, 5) is 0. The maximum absolute atomic E-state index is 4.99. The zero-order valence-electron chi connectivity index (χ0n) is 9.77. The van der Waals surface area contributed by atoms with Crippen molar-refractivity contribution in [3.8, 4) is 0 Å². The van der Waals surface area contributed by atoms with E-state index in [9.17, 15) is 0 Å². The van der Waals surface area contributed by atoms with Gasteiger partial charge in [0, 0.05) is 26.8 Å². The molecule has 0 bridgehead atoms. The van der Waals surface area contributed by atoms with Crippen LogP contribution in [0.1, 0.15) is 32.1 Å². The van der Waals surface area contributed by atoms with Gasteiger partial charge in [0.15, 0.2) is 0 Å². The Labute approximate surface area is 88.6 Å². The molecular formula is C11H26N2O. The van der Waals surface area contributed by atoms with E-state index in [0.29, 0.717) is 0 Å². The summed E-state index contributed by atoms with van der Waals surface area (Å²) in [6.45, 7) is 4.22. The predicted molar refractivity (Wildman–Crippen MR) is 61.8 cm³/mol. The lowest BCUT2D eigenvalue weighted by molar-refractivity contribution is 0.192. The van der Waals surface area contributed by atoms with Gasteiger partial charge in [-0.2, -0.15) is 0 Å². The third-order valence-corrected chi connectivity index (χ3v) is 2.25. The fraction of sp³-hybridized carbons (Fsp3) is 1.00. The number of ether oxygens (including phenoxy) is 1. The topological polar surface area (TPSA) is 33.3 Å². The highest BCUT2D eigenvalue weighted by molar-refractivity contribution is 4.50. The van der Waals surface area contributed by atoms with Crippen LogP contribution in [0.2, 0.25) is 0 Å². The van der Waals surface area contributed by atoms with Crippen molar-refractivity contribution in [2.75, 3.05) is 40.4 Å². The first kappa shape index (κ1) is 13.9. The standard InChI is InChI=1S/C11H26N2O/c1-12-9-10-13-8-6-4-3-5-7-11-14-2/h12-13H,3-11H2,1-2H3. The van der Waals surface area contributed by atoms with E-state index in [2.05, 4.69) is 10.6 Å². The normalized spacial score (nSPS) is 10.7. The average Bonchev–Trinajstić information content (AvgIpc) is 2.21. The van der Waals surface area contributed by atoms with E-state index < -0.39 is 0 Å². The summed E-state index contributed by atoms with van der Waals surface area (Å²) < 4.78 is 4.99. The van der Waals surface area contributed by atoms with Gasteiger partial charge in [0.1, 0.15) is 0 Å². The van der Waals surface area contributed by atoms with Gasteiger partial charge in [-0.15, -0.1) is 0 Å². The number of hydrogen-bond donors (Lipinski definition) is 2. The largest absolute Gasteiger partial charge is 0.385 e. The molecule has 0 aromatic rings. The molecule has 2 N–H and O–H groups in total. The molecule has 14 heavy (non-hydrogen) atoms. The Morgan fingerprint density at radius 3 is 2.29 bits per heavy atom. The highest BCUT2D eigenvalue weighted by Crippen LogP contribution is 2.01. The Morgan fingerprint density at radius 1 is 0.857 bits per heavy atom. The van der Waals surface area contributed by atoms with Gasteiger partial charge in [-0.05, 0) is 26.4 Å². The number of rotatable bonds is 11. The van der Waals surface area contributed by atoms with E-state index in [0.717, 1.165) is 26.2 Å². The highest BCUT2D eigenvalue weighted by Gasteiger charge is 1.90. The summed E-state index contributed by atoms with van der Waals surface area (Å²) in [5, 5.41) is 6.52. The number of hydrogen-bond acceptors (Lipinski definition) is 3. The molecule has 0 aromatic carbocycles. The first-order valence-electron chi connectivity index (χ1n) is 5.76. The van der Waals surface area contributed by atoms with Crippen LogP contribution in [-0.2, 0) is 4.74 Å². The van der Waals surface area contributed by atoms with Crippen molar-refractivity contribution in [3.63, 3.8) is 0 Å². The number of nitrogens with one attached hydrogen (secondary N) is 2. The second kappa shape index (κ2) is 12.9. The molecule has 0 unspecified atom stereocenters. The maximum atomic E-state index is 4.99. The van der Waals surface area contributed by atoms with E-state index in [1.807, 2.05) is 7.05 Å². The summed E-state index contributed by atoms with van der Waals surface area (Å²) >= 11 is 0. The maximum Gasteiger partial charge on any atom is 0.0462 e. The molecule has 0 aliphatic carbocycles. The molecule has 0 saturated heterocycles. The first-order chi connectivity index (χ1) is 6.91. The molecule has 86 valence electrons. The van der Waals surface area contributed by atoms with Crippen molar-refractivity contribution in [2.24, 2.45) is 0 Å². The van der Waals surface area contributed by atoms with Crippen LogP contribution in [0.25, 0.3) is 0 Å². The van der Waals surface area contributed by atoms with Crippen LogP contribution in [0.15, 0.2) is 0 Å². The first-order valence-corrected chi connectivity index (χ1v) is 5.76. The zero-order chi connectivity index (χ0) is 10.5. The second-order valence-electron chi connectivity index (χ2n) is 3.61. The van der Waals surface area contributed by atoms with Crippen LogP contribution in [0.4, 0.5) is 0 Å². The minimum atomic E-state index is 0.917. The van der Waals surface area contributed by atoms with Gasteiger partial charge in [-0.3, -0.25) is 0 Å². The van der Waals surface area contributed by atoms with E-state index in [4.69, 9.17) is 4.74 Å². The Bertz CT molecular complexity index is 87.3. The molecule has 0 rings (SSSR count). The van der Waals surface area contributed by atoms with Crippen LogP contribution in [-0.4, -0.2) is 40.4 Å². The summed E-state index contributed by atoms with van der Waals surface area (Å²) in [6.07, 6.45) is 6.51. The summed E-state index contributed by atoms with van der Waals surface area (Å²) in [5.41, 5.74) is 0. The van der Waals surface area contributed by atoms with Crippen molar-refractivity contribution in [1.29, 1.82) is 0 Å². The van der Waals surface area contributed by atoms with Crippen LogP contribution >= 0.6 is 0 Å². The summed E-state index contributed by atoms with van der Waals surface area (Å²) in [5.74, 6) is 0. The average molecular weight is 202 g/mol. The molecule has 0 saturated carbocycles. The Kier molecular flexibility index (Phi) is 12.8. The number of likely N-dealkylation sites (N-methyl/N-ethyl adjacent to an activating group) is 1. The number of methoxy groups -OCH3 is 1. The van der Waals surface area contributed by atoms with E-state index >= 15 is 0 Å².